The molecule has 1 aliphatic carbocycles. The number of anilines is 1. The van der Waals surface area contributed by atoms with Crippen molar-refractivity contribution in [2.75, 3.05) is 31.6 Å². The molecule has 0 spiro atoms. The van der Waals surface area contributed by atoms with Gasteiger partial charge in [-0.15, -0.1) is 0 Å². The first-order valence-electron chi connectivity index (χ1n) is 12.5. The summed E-state index contributed by atoms with van der Waals surface area (Å²) in [6.45, 7) is 10.2. The number of pyridine rings is 1. The molecule has 184 valence electrons. The van der Waals surface area contributed by atoms with Crippen molar-refractivity contribution < 1.29 is 19.0 Å². The molecule has 34 heavy (non-hydrogen) atoms. The van der Waals surface area contributed by atoms with E-state index in [-0.39, 0.29) is 23.3 Å². The topological polar surface area (TPSA) is 74.7 Å². The van der Waals surface area contributed by atoms with E-state index in [9.17, 15) is 14.3 Å². The van der Waals surface area contributed by atoms with Gasteiger partial charge in [0.2, 0.25) is 5.91 Å². The zero-order chi connectivity index (χ0) is 24.3. The number of nitrogens with one attached hydrogen (secondary N) is 1. The lowest BCUT2D eigenvalue weighted by atomic mass is 9.83. The number of hydrogen-bond donors (Lipinski definition) is 2. The lowest BCUT2D eigenvalue weighted by molar-refractivity contribution is -0.118. The molecule has 7 heteroatoms. The summed E-state index contributed by atoms with van der Waals surface area (Å²) in [5, 5.41) is 15.4. The van der Waals surface area contributed by atoms with E-state index in [1.807, 2.05) is 6.07 Å². The minimum absolute atomic E-state index is 0.145. The minimum atomic E-state index is -1.33. The van der Waals surface area contributed by atoms with Gasteiger partial charge in [-0.3, -0.25) is 9.69 Å². The number of hydrogen-bond acceptors (Lipinski definition) is 5. The van der Waals surface area contributed by atoms with Crippen molar-refractivity contribution in [3.63, 3.8) is 0 Å². The molecule has 1 aromatic carbocycles. The Morgan fingerprint density at radius 2 is 2.00 bits per heavy atom. The maximum atomic E-state index is 14.1. The van der Waals surface area contributed by atoms with Gasteiger partial charge < -0.3 is 15.2 Å². The number of benzene rings is 1. The van der Waals surface area contributed by atoms with E-state index < -0.39 is 11.8 Å². The molecule has 2 N–H and O–H groups in total. The van der Waals surface area contributed by atoms with Crippen LogP contribution in [0.25, 0.3) is 10.8 Å². The molecule has 2 aliphatic heterocycles. The fourth-order valence-corrected chi connectivity index (χ4v) is 5.95. The van der Waals surface area contributed by atoms with E-state index in [0.29, 0.717) is 31.4 Å². The lowest BCUT2D eigenvalue weighted by Gasteiger charge is -2.44. The number of ether oxygens (including phenoxy) is 1. The van der Waals surface area contributed by atoms with Gasteiger partial charge in [-0.1, -0.05) is 6.07 Å². The average Bonchev–Trinajstić information content (AvgIpc) is 3.54. The van der Waals surface area contributed by atoms with Gasteiger partial charge in [0.1, 0.15) is 11.5 Å². The Hall–Kier alpha value is -2.09. The number of likely N-dealkylation sites (tertiary alicyclic amines) is 1. The second-order valence-electron chi connectivity index (χ2n) is 11.3. The number of carbonyl (C=O) groups excluding carboxylic acids is 1. The number of amides is 1. The van der Waals surface area contributed by atoms with Crippen molar-refractivity contribution in [3.05, 3.63) is 35.5 Å². The summed E-state index contributed by atoms with van der Waals surface area (Å²) < 4.78 is 19.7. The van der Waals surface area contributed by atoms with Crippen LogP contribution in [0.2, 0.25) is 0 Å². The summed E-state index contributed by atoms with van der Waals surface area (Å²) in [5.74, 6) is 0.338. The van der Waals surface area contributed by atoms with Crippen LogP contribution >= 0.6 is 0 Å². The summed E-state index contributed by atoms with van der Waals surface area (Å²) in [6.07, 6.45) is 4.02. The Balaban J connectivity index is 1.29. The van der Waals surface area contributed by atoms with E-state index in [0.717, 1.165) is 36.7 Å². The van der Waals surface area contributed by atoms with E-state index in [1.165, 1.54) is 25.0 Å². The molecule has 1 amide bonds. The third-order valence-corrected chi connectivity index (χ3v) is 8.41. The number of halogens is 1. The quantitative estimate of drug-likeness (QED) is 0.687. The molecule has 2 saturated heterocycles. The largest absolute Gasteiger partial charge is 0.389 e. The Kier molecular flexibility index (Phi) is 5.94. The fraction of sp³-hybridized carbons (Fsp3) is 0.630. The van der Waals surface area contributed by atoms with Gasteiger partial charge in [-0.2, -0.15) is 0 Å². The number of rotatable bonds is 5. The predicted octanol–water partition coefficient (Wildman–Crippen LogP) is 4.20. The molecule has 1 saturated carbocycles. The highest BCUT2D eigenvalue weighted by Crippen LogP contribution is 2.48. The summed E-state index contributed by atoms with van der Waals surface area (Å²) >= 11 is 0. The van der Waals surface area contributed by atoms with Gasteiger partial charge in [-0.05, 0) is 94.6 Å². The molecule has 5 rings (SSSR count). The molecule has 1 aromatic heterocycles. The molecule has 3 fully saturated rings. The van der Waals surface area contributed by atoms with Crippen LogP contribution in [0.15, 0.2) is 24.4 Å². The number of piperidine rings is 1. The zero-order valence-corrected chi connectivity index (χ0v) is 20.6. The Morgan fingerprint density at radius 3 is 2.62 bits per heavy atom. The molecule has 0 radical (unpaired) electrons. The van der Waals surface area contributed by atoms with Gasteiger partial charge in [-0.25, -0.2) is 9.37 Å². The maximum Gasteiger partial charge on any atom is 0.229 e. The summed E-state index contributed by atoms with van der Waals surface area (Å²) in [4.78, 5) is 19.4. The number of aliphatic hydroxyl groups is 1. The summed E-state index contributed by atoms with van der Waals surface area (Å²) in [6, 6.07) is 6.34. The van der Waals surface area contributed by atoms with Crippen LogP contribution in [0.4, 0.5) is 10.2 Å². The van der Waals surface area contributed by atoms with Gasteiger partial charge in [0.25, 0.3) is 0 Å². The SMILES string of the molecule is Cc1cc2cnc(NC(=O)[C@@H]3C[C@H]3C(C)(C)F)cc2cc1C1CCN([C@]2(C)COC[C@@H]2O)CC1. The van der Waals surface area contributed by atoms with E-state index >= 15 is 0 Å². The molecular formula is C27H36FN3O3. The van der Waals surface area contributed by atoms with Crippen molar-refractivity contribution in [1.82, 2.24) is 9.88 Å². The molecule has 0 unspecified atom stereocenters. The lowest BCUT2D eigenvalue weighted by Crippen LogP contribution is -2.56. The first-order chi connectivity index (χ1) is 16.1. The number of fused-ring (bicyclic) bond motifs is 1. The second kappa shape index (κ2) is 8.54. The fourth-order valence-electron chi connectivity index (χ4n) is 5.95. The number of aliphatic hydroxyl groups excluding tert-OH is 1. The highest BCUT2D eigenvalue weighted by atomic mass is 19.1. The monoisotopic (exact) mass is 469 g/mol. The van der Waals surface area contributed by atoms with Crippen LogP contribution in [0.5, 0.6) is 0 Å². The number of carbonyl (C=O) groups is 1. The average molecular weight is 470 g/mol. The Morgan fingerprint density at radius 1 is 1.26 bits per heavy atom. The number of nitrogens with zero attached hydrogens (tertiary/aromatic N) is 2. The minimum Gasteiger partial charge on any atom is -0.389 e. The van der Waals surface area contributed by atoms with Crippen LogP contribution in [0.1, 0.15) is 57.1 Å². The molecule has 4 atom stereocenters. The van der Waals surface area contributed by atoms with Crippen LogP contribution in [0, 0.1) is 18.8 Å². The first-order valence-corrected chi connectivity index (χ1v) is 12.5. The Labute approximate surface area is 200 Å². The van der Waals surface area contributed by atoms with Crippen molar-refractivity contribution in [1.29, 1.82) is 0 Å². The Bertz CT molecular complexity index is 1090. The van der Waals surface area contributed by atoms with Crippen LogP contribution in [-0.2, 0) is 9.53 Å². The van der Waals surface area contributed by atoms with Gasteiger partial charge in [0.05, 0.1) is 24.9 Å². The highest BCUT2D eigenvalue weighted by molar-refractivity contribution is 5.96. The maximum absolute atomic E-state index is 14.1. The van der Waals surface area contributed by atoms with Crippen molar-refractivity contribution in [3.8, 4) is 0 Å². The predicted molar refractivity (Wildman–Crippen MR) is 131 cm³/mol. The molecular weight excluding hydrogens is 433 g/mol. The third kappa shape index (κ3) is 4.34. The van der Waals surface area contributed by atoms with Crippen molar-refractivity contribution in [2.24, 2.45) is 11.8 Å². The molecule has 2 aromatic rings. The second-order valence-corrected chi connectivity index (χ2v) is 11.3. The summed E-state index contributed by atoms with van der Waals surface area (Å²) in [5.41, 5.74) is 0.970. The van der Waals surface area contributed by atoms with Crippen molar-refractivity contribution >= 4 is 22.5 Å². The highest BCUT2D eigenvalue weighted by Gasteiger charge is 2.52. The molecule has 6 nitrogen and oxygen atoms in total. The van der Waals surface area contributed by atoms with E-state index in [2.05, 4.69) is 41.2 Å². The third-order valence-electron chi connectivity index (χ3n) is 8.41. The van der Waals surface area contributed by atoms with Crippen LogP contribution in [0.3, 0.4) is 0 Å². The smallest absolute Gasteiger partial charge is 0.229 e. The van der Waals surface area contributed by atoms with Crippen LogP contribution in [-0.4, -0.2) is 64.5 Å². The van der Waals surface area contributed by atoms with Gasteiger partial charge in [0.15, 0.2) is 0 Å². The summed E-state index contributed by atoms with van der Waals surface area (Å²) in [7, 11) is 0. The molecule has 3 aliphatic rings. The van der Waals surface area contributed by atoms with Crippen molar-refractivity contribution in [2.45, 2.75) is 70.2 Å². The van der Waals surface area contributed by atoms with E-state index in [1.54, 1.807) is 6.20 Å². The zero-order valence-electron chi connectivity index (χ0n) is 20.6. The molecule has 0 bridgehead atoms. The number of aryl methyl sites for hydroxylation is 1. The van der Waals surface area contributed by atoms with Gasteiger partial charge >= 0.3 is 0 Å². The molecule has 3 heterocycles. The van der Waals surface area contributed by atoms with Gasteiger partial charge in [0, 0.05) is 23.4 Å². The standard InChI is InChI=1S/C27H36FN3O3/c1-16-9-19-13-29-24(30-25(33)21-12-22(21)26(2,3)28)11-18(19)10-20(16)17-5-7-31(8-6-17)27(4)15-34-14-23(27)32/h9-11,13,17,21-23,32H,5-8,12,14-15H2,1-4H3,(H,29,30,33)/t21-,22-,23+,27-/m1/s1. The normalized spacial score (nSPS) is 30.6. The number of alkyl halides is 1. The number of aromatic nitrogens is 1. The first kappa shape index (κ1) is 23.6. The van der Waals surface area contributed by atoms with Crippen LogP contribution < -0.4 is 5.32 Å². The van der Waals surface area contributed by atoms with E-state index in [4.69, 9.17) is 4.74 Å².